The molecule has 0 bridgehead atoms. The number of hydrogen-bond donors (Lipinski definition) is 0. The minimum absolute atomic E-state index is 0.117. The number of fused-ring (bicyclic) bond motifs is 2. The monoisotopic (exact) mass is 347 g/mol. The van der Waals surface area contributed by atoms with Crippen LogP contribution in [0.3, 0.4) is 0 Å². The molecule has 0 saturated heterocycles. The van der Waals surface area contributed by atoms with Gasteiger partial charge in [0.05, 0.1) is 11.4 Å². The van der Waals surface area contributed by atoms with Gasteiger partial charge in [-0.3, -0.25) is 0 Å². The average Bonchev–Trinajstić information content (AvgIpc) is 2.62. The van der Waals surface area contributed by atoms with Gasteiger partial charge in [-0.2, -0.15) is 0 Å². The maximum absolute atomic E-state index is 14.5. The number of benzene rings is 3. The predicted octanol–water partition coefficient (Wildman–Crippen LogP) is 4.58. The molecule has 126 valence electrons. The first-order valence-electron chi connectivity index (χ1n) is 8.59. The molecule has 0 aliphatic carbocycles. The summed E-state index contributed by atoms with van der Waals surface area (Å²) in [5.41, 5.74) is 1.97. The first-order chi connectivity index (χ1) is 11.9. The van der Waals surface area contributed by atoms with Crippen LogP contribution in [0.4, 0.5) is 11.4 Å². The predicted molar refractivity (Wildman–Crippen MR) is 108 cm³/mol. The van der Waals surface area contributed by atoms with Gasteiger partial charge in [-0.15, -0.1) is 0 Å². The Morgan fingerprint density at radius 1 is 0.680 bits per heavy atom. The summed E-state index contributed by atoms with van der Waals surface area (Å²) in [5, 5.41) is 2.74. The van der Waals surface area contributed by atoms with Crippen LogP contribution >= 0.6 is 7.14 Å². The van der Waals surface area contributed by atoms with Gasteiger partial charge in [0, 0.05) is 21.5 Å². The van der Waals surface area contributed by atoms with Gasteiger partial charge >= 0.3 is 0 Å². The largest absolute Gasteiger partial charge is 0.335 e. The van der Waals surface area contributed by atoms with Crippen molar-refractivity contribution in [2.45, 2.75) is 26.3 Å². The summed E-state index contributed by atoms with van der Waals surface area (Å²) in [6.45, 7) is 6.58. The van der Waals surface area contributed by atoms with Gasteiger partial charge in [-0.05, 0) is 45.0 Å². The van der Waals surface area contributed by atoms with Crippen molar-refractivity contribution in [1.29, 1.82) is 0 Å². The van der Waals surface area contributed by atoms with E-state index in [0.717, 1.165) is 27.3 Å². The maximum Gasteiger partial charge on any atom is 0.175 e. The molecule has 0 amide bonds. The highest BCUT2D eigenvalue weighted by atomic mass is 31.2. The number of nitrogens with zero attached hydrogens (tertiary/aromatic N) is 1. The fraction of sp³-hybridized carbons (Fsp3) is 0.182. The van der Waals surface area contributed by atoms with E-state index in [1.54, 1.807) is 0 Å². The molecule has 1 heterocycles. The maximum atomic E-state index is 14.5. The summed E-state index contributed by atoms with van der Waals surface area (Å²) in [6.07, 6.45) is 0. The van der Waals surface area contributed by atoms with E-state index in [1.807, 2.05) is 66.7 Å². The molecule has 0 atom stereocenters. The fourth-order valence-corrected chi connectivity index (χ4v) is 6.73. The van der Waals surface area contributed by atoms with E-state index in [2.05, 4.69) is 37.8 Å². The van der Waals surface area contributed by atoms with Gasteiger partial charge in [0.25, 0.3) is 0 Å². The van der Waals surface area contributed by atoms with Crippen molar-refractivity contribution in [1.82, 2.24) is 0 Å². The van der Waals surface area contributed by atoms with Crippen molar-refractivity contribution in [3.8, 4) is 0 Å². The lowest BCUT2D eigenvalue weighted by molar-refractivity contribution is 0.559. The van der Waals surface area contributed by atoms with E-state index in [9.17, 15) is 4.57 Å². The molecule has 25 heavy (non-hydrogen) atoms. The molecular weight excluding hydrogens is 325 g/mol. The SMILES string of the molecule is CC(C)(C)N1c2ccccc2P(=O)(c2ccccc2)c2ccccc21. The summed E-state index contributed by atoms with van der Waals surface area (Å²) in [5.74, 6) is 0. The number of para-hydroxylation sites is 2. The van der Waals surface area contributed by atoms with Crippen LogP contribution in [0.15, 0.2) is 78.9 Å². The lowest BCUT2D eigenvalue weighted by atomic mass is 10.0. The second kappa shape index (κ2) is 5.61. The van der Waals surface area contributed by atoms with E-state index >= 15 is 0 Å². The normalized spacial score (nSPS) is 15.4. The van der Waals surface area contributed by atoms with Crippen molar-refractivity contribution in [2.24, 2.45) is 0 Å². The zero-order chi connectivity index (χ0) is 17.7. The molecule has 1 aliphatic heterocycles. The molecule has 0 aromatic heterocycles. The quantitative estimate of drug-likeness (QED) is 0.601. The third kappa shape index (κ3) is 2.36. The van der Waals surface area contributed by atoms with Gasteiger partial charge in [0.15, 0.2) is 7.14 Å². The van der Waals surface area contributed by atoms with Gasteiger partial charge < -0.3 is 9.46 Å². The van der Waals surface area contributed by atoms with Crippen molar-refractivity contribution in [3.05, 3.63) is 78.9 Å². The Balaban J connectivity index is 2.12. The lowest BCUT2D eigenvalue weighted by Crippen LogP contribution is -2.46. The first-order valence-corrected chi connectivity index (χ1v) is 10.3. The van der Waals surface area contributed by atoms with E-state index in [-0.39, 0.29) is 5.54 Å². The summed E-state index contributed by atoms with van der Waals surface area (Å²) in [4.78, 5) is 2.32. The van der Waals surface area contributed by atoms with Gasteiger partial charge in [0.1, 0.15) is 0 Å². The molecule has 3 aromatic carbocycles. The summed E-state index contributed by atoms with van der Waals surface area (Å²) in [6, 6.07) is 26.1. The molecule has 0 unspecified atom stereocenters. The summed E-state index contributed by atoms with van der Waals surface area (Å²) in [7, 11) is -2.89. The summed E-state index contributed by atoms with van der Waals surface area (Å²) < 4.78 is 14.5. The fourth-order valence-electron chi connectivity index (χ4n) is 3.74. The molecule has 4 rings (SSSR count). The van der Waals surface area contributed by atoms with Crippen molar-refractivity contribution < 1.29 is 4.57 Å². The van der Waals surface area contributed by atoms with Gasteiger partial charge in [-0.1, -0.05) is 54.6 Å². The minimum atomic E-state index is -2.89. The Kier molecular flexibility index (Phi) is 3.63. The van der Waals surface area contributed by atoms with E-state index < -0.39 is 7.14 Å². The molecule has 2 nitrogen and oxygen atoms in total. The molecule has 0 N–H and O–H groups in total. The van der Waals surface area contributed by atoms with Crippen molar-refractivity contribution in [2.75, 3.05) is 4.90 Å². The molecule has 0 spiro atoms. The highest BCUT2D eigenvalue weighted by molar-refractivity contribution is 7.86. The van der Waals surface area contributed by atoms with Crippen molar-refractivity contribution in [3.63, 3.8) is 0 Å². The van der Waals surface area contributed by atoms with Crippen LogP contribution in [-0.4, -0.2) is 5.54 Å². The second-order valence-electron chi connectivity index (χ2n) is 7.43. The van der Waals surface area contributed by atoms with Crippen molar-refractivity contribution >= 4 is 34.4 Å². The molecule has 3 aromatic rings. The topological polar surface area (TPSA) is 20.3 Å². The lowest BCUT2D eigenvalue weighted by Gasteiger charge is -2.44. The van der Waals surface area contributed by atoms with E-state index in [0.29, 0.717) is 0 Å². The Morgan fingerprint density at radius 2 is 1.12 bits per heavy atom. The third-order valence-electron chi connectivity index (χ3n) is 4.71. The zero-order valence-electron chi connectivity index (χ0n) is 14.8. The Morgan fingerprint density at radius 3 is 1.60 bits per heavy atom. The summed E-state index contributed by atoms with van der Waals surface area (Å²) >= 11 is 0. The highest BCUT2D eigenvalue weighted by Gasteiger charge is 2.42. The van der Waals surface area contributed by atoms with E-state index in [1.165, 1.54) is 0 Å². The Labute approximate surface area is 149 Å². The molecule has 3 heteroatoms. The van der Waals surface area contributed by atoms with Gasteiger partial charge in [0.2, 0.25) is 0 Å². The third-order valence-corrected chi connectivity index (χ3v) is 7.85. The standard InChI is InChI=1S/C22H22NOP/c1-22(2,3)23-18-13-7-9-15-20(18)25(24,17-11-5-4-6-12-17)21-16-10-8-14-19(21)23/h4-16H,1-3H3. The smallest absolute Gasteiger partial charge is 0.175 e. The number of anilines is 2. The van der Waals surface area contributed by atoms with Crippen LogP contribution in [-0.2, 0) is 4.57 Å². The zero-order valence-corrected chi connectivity index (χ0v) is 15.7. The van der Waals surface area contributed by atoms with Crippen LogP contribution in [0, 0.1) is 0 Å². The molecular formula is C22H22NOP. The minimum Gasteiger partial charge on any atom is -0.335 e. The number of rotatable bonds is 1. The van der Waals surface area contributed by atoms with Crippen LogP contribution in [0.1, 0.15) is 20.8 Å². The average molecular weight is 347 g/mol. The van der Waals surface area contributed by atoms with E-state index in [4.69, 9.17) is 0 Å². The first kappa shape index (κ1) is 16.2. The molecule has 1 aliphatic rings. The van der Waals surface area contributed by atoms with Crippen LogP contribution in [0.25, 0.3) is 0 Å². The molecule has 0 radical (unpaired) electrons. The van der Waals surface area contributed by atoms with Crippen LogP contribution < -0.4 is 20.8 Å². The number of hydrogen-bond acceptors (Lipinski definition) is 2. The Hall–Kier alpha value is -2.31. The molecule has 0 saturated carbocycles. The Bertz CT molecular complexity index is 921. The van der Waals surface area contributed by atoms with Crippen LogP contribution in [0.5, 0.6) is 0 Å². The molecule has 0 fully saturated rings. The second-order valence-corrected chi connectivity index (χ2v) is 10.1. The van der Waals surface area contributed by atoms with Crippen LogP contribution in [0.2, 0.25) is 0 Å². The highest BCUT2D eigenvalue weighted by Crippen LogP contribution is 2.53. The van der Waals surface area contributed by atoms with Gasteiger partial charge in [-0.25, -0.2) is 0 Å².